The van der Waals surface area contributed by atoms with E-state index < -0.39 is 5.92 Å². The molecule has 3 fully saturated rings. The van der Waals surface area contributed by atoms with E-state index in [9.17, 15) is 14.9 Å². The third kappa shape index (κ3) is 2.71. The topological polar surface area (TPSA) is 67.2 Å². The lowest BCUT2D eigenvalue weighted by Gasteiger charge is -2.61. The molecular formula is C17H24BrNO3. The van der Waals surface area contributed by atoms with Crippen LogP contribution < -0.4 is 0 Å². The molecule has 0 aromatic carbocycles. The van der Waals surface area contributed by atoms with Crippen LogP contribution in [0.3, 0.4) is 0 Å². The summed E-state index contributed by atoms with van der Waals surface area (Å²) in [6.07, 6.45) is 2.32. The smallest absolute Gasteiger partial charge is 0.309 e. The first-order valence-electron chi connectivity index (χ1n) is 8.06. The Morgan fingerprint density at radius 3 is 2.73 bits per heavy atom. The maximum atomic E-state index is 12.6. The number of esters is 1. The summed E-state index contributed by atoms with van der Waals surface area (Å²) in [5.74, 6) is -1.17. The molecule has 5 heteroatoms. The first-order valence-corrected chi connectivity index (χ1v) is 9.18. The fraction of sp³-hybridized carbons (Fsp3) is 0.824. The molecule has 5 atom stereocenters. The molecule has 3 saturated carbocycles. The van der Waals surface area contributed by atoms with Crippen LogP contribution in [-0.4, -0.2) is 23.7 Å². The quantitative estimate of drug-likeness (QED) is 0.531. The molecule has 3 aliphatic carbocycles. The lowest BCUT2D eigenvalue weighted by molar-refractivity contribution is -0.178. The second-order valence-electron chi connectivity index (χ2n) is 6.99. The molecule has 3 aliphatic rings. The van der Waals surface area contributed by atoms with Crippen LogP contribution in [0.25, 0.3) is 0 Å². The summed E-state index contributed by atoms with van der Waals surface area (Å²) in [6.45, 7) is 6.31. The zero-order valence-corrected chi connectivity index (χ0v) is 15.1. The van der Waals surface area contributed by atoms with Crippen molar-refractivity contribution < 1.29 is 14.3 Å². The number of nitrogens with zero attached hydrogens (tertiary/aromatic N) is 1. The third-order valence-electron chi connectivity index (χ3n) is 5.68. The maximum absolute atomic E-state index is 12.6. The van der Waals surface area contributed by atoms with Gasteiger partial charge in [0.1, 0.15) is 5.92 Å². The normalized spacial score (nSPS) is 33.5. The van der Waals surface area contributed by atoms with Gasteiger partial charge in [0.2, 0.25) is 0 Å². The maximum Gasteiger partial charge on any atom is 0.309 e. The van der Waals surface area contributed by atoms with Gasteiger partial charge in [0.25, 0.3) is 0 Å². The summed E-state index contributed by atoms with van der Waals surface area (Å²) < 4.78 is 5.24. The van der Waals surface area contributed by atoms with Gasteiger partial charge in [-0.05, 0) is 43.4 Å². The van der Waals surface area contributed by atoms with Gasteiger partial charge in [-0.3, -0.25) is 9.59 Å². The molecule has 0 spiro atoms. The highest BCUT2D eigenvalue weighted by atomic mass is 79.9. The second kappa shape index (κ2) is 6.70. The molecule has 0 N–H and O–H groups in total. The van der Waals surface area contributed by atoms with E-state index in [0.29, 0.717) is 13.0 Å². The number of ether oxygens (including phenoxy) is 1. The molecule has 0 saturated heterocycles. The van der Waals surface area contributed by atoms with Crippen molar-refractivity contribution >= 4 is 27.7 Å². The van der Waals surface area contributed by atoms with E-state index in [1.165, 1.54) is 0 Å². The van der Waals surface area contributed by atoms with Crippen LogP contribution in [-0.2, 0) is 14.3 Å². The molecule has 0 heterocycles. The molecule has 0 aromatic heterocycles. The van der Waals surface area contributed by atoms with Gasteiger partial charge in [0, 0.05) is 11.2 Å². The Morgan fingerprint density at radius 2 is 2.23 bits per heavy atom. The van der Waals surface area contributed by atoms with Crippen molar-refractivity contribution in [3.63, 3.8) is 0 Å². The van der Waals surface area contributed by atoms with Gasteiger partial charge in [-0.15, -0.1) is 0 Å². The van der Waals surface area contributed by atoms with E-state index in [4.69, 9.17) is 4.74 Å². The SMILES string of the molecule is CCOC(=O)C(CCCBr)C1C(C#N)C(=O)[C@@H]2C[C@H]1C2(C)C. The van der Waals surface area contributed by atoms with Crippen molar-refractivity contribution in [3.8, 4) is 6.07 Å². The molecule has 22 heavy (non-hydrogen) atoms. The minimum absolute atomic E-state index is 0.0163. The number of nitriles is 1. The summed E-state index contributed by atoms with van der Waals surface area (Å²) >= 11 is 3.40. The van der Waals surface area contributed by atoms with E-state index in [2.05, 4.69) is 35.8 Å². The Bertz CT molecular complexity index is 497. The van der Waals surface area contributed by atoms with E-state index >= 15 is 0 Å². The van der Waals surface area contributed by atoms with Crippen LogP contribution in [0.4, 0.5) is 0 Å². The minimum atomic E-state index is -0.651. The number of carbonyl (C=O) groups is 2. The van der Waals surface area contributed by atoms with E-state index in [1.54, 1.807) is 6.92 Å². The zero-order chi connectivity index (χ0) is 16.5. The van der Waals surface area contributed by atoms with Gasteiger partial charge in [0.05, 0.1) is 18.6 Å². The summed E-state index contributed by atoms with van der Waals surface area (Å²) in [5.41, 5.74) is -0.103. The molecule has 0 radical (unpaired) electrons. The number of alkyl halides is 1. The van der Waals surface area contributed by atoms with Crippen LogP contribution in [0.15, 0.2) is 0 Å². The Hall–Kier alpha value is -0.890. The highest BCUT2D eigenvalue weighted by molar-refractivity contribution is 9.09. The number of halogens is 1. The monoisotopic (exact) mass is 369 g/mol. The molecule has 0 aliphatic heterocycles. The highest BCUT2D eigenvalue weighted by Crippen LogP contribution is 2.63. The Balaban J connectivity index is 2.32. The molecule has 3 unspecified atom stereocenters. The zero-order valence-electron chi connectivity index (χ0n) is 13.5. The summed E-state index contributed by atoms with van der Waals surface area (Å²) in [5, 5.41) is 10.3. The molecule has 4 nitrogen and oxygen atoms in total. The fourth-order valence-electron chi connectivity index (χ4n) is 4.41. The number of Topliss-reactive ketones (excluding diaryl/α,β-unsaturated/α-hetero) is 1. The van der Waals surface area contributed by atoms with Gasteiger partial charge in [-0.25, -0.2) is 0 Å². The average Bonchev–Trinajstić information content (AvgIpc) is 2.47. The molecule has 122 valence electrons. The molecule has 2 bridgehead atoms. The largest absolute Gasteiger partial charge is 0.466 e. The first kappa shape index (κ1) is 17.5. The van der Waals surface area contributed by atoms with Gasteiger partial charge in [-0.2, -0.15) is 5.26 Å². The number of ketones is 1. The van der Waals surface area contributed by atoms with Crippen LogP contribution in [0.1, 0.15) is 40.0 Å². The van der Waals surface area contributed by atoms with Crippen LogP contribution in [0.2, 0.25) is 0 Å². The van der Waals surface area contributed by atoms with E-state index in [1.807, 2.05) is 0 Å². The fourth-order valence-corrected chi connectivity index (χ4v) is 4.73. The van der Waals surface area contributed by atoms with Crippen molar-refractivity contribution in [2.24, 2.45) is 35.0 Å². The van der Waals surface area contributed by atoms with Crippen molar-refractivity contribution in [2.45, 2.75) is 40.0 Å². The van der Waals surface area contributed by atoms with Crippen molar-refractivity contribution in [2.75, 3.05) is 11.9 Å². The molecule has 3 rings (SSSR count). The lowest BCUT2D eigenvalue weighted by Crippen LogP contribution is -2.62. The highest BCUT2D eigenvalue weighted by Gasteiger charge is 2.64. The van der Waals surface area contributed by atoms with Gasteiger partial charge < -0.3 is 4.74 Å². The van der Waals surface area contributed by atoms with Crippen molar-refractivity contribution in [1.29, 1.82) is 5.26 Å². The van der Waals surface area contributed by atoms with Gasteiger partial charge in [0.15, 0.2) is 5.78 Å². The van der Waals surface area contributed by atoms with Crippen LogP contribution >= 0.6 is 15.9 Å². The minimum Gasteiger partial charge on any atom is -0.466 e. The Kier molecular flexibility index (Phi) is 5.32. The van der Waals surface area contributed by atoms with Crippen molar-refractivity contribution in [3.05, 3.63) is 0 Å². The number of rotatable bonds is 6. The van der Waals surface area contributed by atoms with E-state index in [-0.39, 0.29) is 40.8 Å². The summed E-state index contributed by atoms with van der Waals surface area (Å²) in [7, 11) is 0. The summed E-state index contributed by atoms with van der Waals surface area (Å²) in [6, 6.07) is 2.19. The van der Waals surface area contributed by atoms with Gasteiger partial charge in [-0.1, -0.05) is 29.8 Å². The molecular weight excluding hydrogens is 346 g/mol. The van der Waals surface area contributed by atoms with Crippen LogP contribution in [0.5, 0.6) is 0 Å². The molecule has 0 aromatic rings. The average molecular weight is 370 g/mol. The summed E-state index contributed by atoms with van der Waals surface area (Å²) in [4.78, 5) is 25.0. The first-order chi connectivity index (χ1) is 10.4. The number of fused-ring (bicyclic) bond motifs is 2. The lowest BCUT2D eigenvalue weighted by atomic mass is 9.41. The van der Waals surface area contributed by atoms with E-state index in [0.717, 1.165) is 18.2 Å². The van der Waals surface area contributed by atoms with Gasteiger partial charge >= 0.3 is 5.97 Å². The standard InChI is InChI=1S/C17H24BrNO3/c1-4-22-16(21)10(6-5-7-18)14-11(9-19)15(20)13-8-12(14)17(13,2)3/h10-14H,4-8H2,1-3H3/t10?,11?,12-,13+,14?/m1/s1. The Labute approximate surface area is 140 Å². The Morgan fingerprint density at radius 1 is 1.55 bits per heavy atom. The number of carbonyl (C=O) groups excluding carboxylic acids is 2. The predicted molar refractivity (Wildman–Crippen MR) is 86.1 cm³/mol. The van der Waals surface area contributed by atoms with Crippen LogP contribution in [0, 0.1) is 46.3 Å². The number of hydrogen-bond donors (Lipinski definition) is 0. The second-order valence-corrected chi connectivity index (χ2v) is 7.79. The van der Waals surface area contributed by atoms with Crippen molar-refractivity contribution in [1.82, 2.24) is 0 Å². The molecule has 0 amide bonds. The third-order valence-corrected chi connectivity index (χ3v) is 6.25. The predicted octanol–water partition coefficient (Wildman–Crippen LogP) is 3.34. The number of hydrogen-bond acceptors (Lipinski definition) is 4.